The van der Waals surface area contributed by atoms with Crippen molar-refractivity contribution in [1.82, 2.24) is 4.90 Å². The van der Waals surface area contributed by atoms with Gasteiger partial charge in [0, 0.05) is 24.4 Å². The Balaban J connectivity index is 1.67. The smallest absolute Gasteiger partial charge is 0.435 e. The number of carbonyl (C=O) groups is 2. The van der Waals surface area contributed by atoms with Crippen molar-refractivity contribution in [2.24, 2.45) is 17.8 Å². The predicted molar refractivity (Wildman–Crippen MR) is 143 cm³/mol. The summed E-state index contributed by atoms with van der Waals surface area (Å²) in [5.74, 6) is -7.96. The van der Waals surface area contributed by atoms with Crippen molar-refractivity contribution in [3.05, 3.63) is 65.0 Å². The van der Waals surface area contributed by atoms with E-state index in [1.54, 1.807) is 6.92 Å². The Morgan fingerprint density at radius 1 is 0.935 bits per heavy atom. The standard InChI is InChI=1S/C30H28F9NO5S/c1-16-14-18(2-8-22(16)25(42)43)24(41)40-13-12-26(46(44,45)21-6-4-20(31)5-7-21)23-9-3-19(15-17(23)10-11-27(26,40)32)28(33,29(34,35)36)30(37,38)39/h3-7,9,15-16,18,22H,2,8,10-14H2,1H3,(H,42,43)/t16-,18?,22-,26-,27-/m1/s1. The minimum Gasteiger partial charge on any atom is -0.481 e. The highest BCUT2D eigenvalue weighted by Gasteiger charge is 2.75. The Morgan fingerprint density at radius 2 is 1.54 bits per heavy atom. The number of sulfone groups is 1. The zero-order valence-electron chi connectivity index (χ0n) is 24.1. The number of aliphatic carboxylic acids is 1. The van der Waals surface area contributed by atoms with Gasteiger partial charge in [0.2, 0.25) is 11.7 Å². The molecule has 1 saturated carbocycles. The third-order valence-electron chi connectivity index (χ3n) is 9.86. The maximum Gasteiger partial charge on any atom is 0.435 e. The van der Waals surface area contributed by atoms with Crippen LogP contribution in [0.15, 0.2) is 47.4 Å². The number of halogens is 9. The van der Waals surface area contributed by atoms with Crippen LogP contribution in [-0.2, 0) is 36.3 Å². The molecular formula is C30H28F9NO5S. The SMILES string of the molecule is C[C@@H]1CC(C(=O)N2CC[C@@]3(S(=O)(=O)c4ccc(F)cc4)c4ccc(C(F)(C(F)(F)F)C(F)(F)F)cc4CC[C@@]23F)CC[C@H]1C(=O)O. The molecule has 2 aromatic rings. The third kappa shape index (κ3) is 4.71. The molecular weight excluding hydrogens is 657 g/mol. The lowest BCUT2D eigenvalue weighted by molar-refractivity contribution is -0.348. The van der Waals surface area contributed by atoms with Crippen LogP contribution in [-0.4, -0.2) is 55.0 Å². The van der Waals surface area contributed by atoms with Crippen molar-refractivity contribution in [3.8, 4) is 0 Å². The van der Waals surface area contributed by atoms with E-state index in [2.05, 4.69) is 0 Å². The molecule has 1 amide bonds. The maximum atomic E-state index is 17.8. The summed E-state index contributed by atoms with van der Waals surface area (Å²) >= 11 is 0. The molecule has 2 aliphatic carbocycles. The molecule has 5 rings (SSSR count). The van der Waals surface area contributed by atoms with E-state index in [-0.39, 0.29) is 31.4 Å². The van der Waals surface area contributed by atoms with E-state index in [4.69, 9.17) is 0 Å². The quantitative estimate of drug-likeness (QED) is 0.213. The number of carbonyl (C=O) groups excluding carboxylic acids is 1. The highest BCUT2D eigenvalue weighted by molar-refractivity contribution is 7.92. The number of aryl methyl sites for hydroxylation is 1. The molecule has 3 aliphatic rings. The zero-order valence-corrected chi connectivity index (χ0v) is 24.9. The first-order chi connectivity index (χ1) is 21.1. The largest absolute Gasteiger partial charge is 0.481 e. The fourth-order valence-corrected chi connectivity index (χ4v) is 9.89. The minimum absolute atomic E-state index is 0.0491. The van der Waals surface area contributed by atoms with Gasteiger partial charge in [0.25, 0.3) is 0 Å². The van der Waals surface area contributed by atoms with Crippen LogP contribution < -0.4 is 0 Å². The van der Waals surface area contributed by atoms with Crippen LogP contribution >= 0.6 is 0 Å². The van der Waals surface area contributed by atoms with Gasteiger partial charge in [-0.25, -0.2) is 21.6 Å². The highest BCUT2D eigenvalue weighted by atomic mass is 32.2. The molecule has 2 aromatic carbocycles. The number of rotatable bonds is 5. The van der Waals surface area contributed by atoms with E-state index in [0.29, 0.717) is 11.0 Å². The van der Waals surface area contributed by atoms with Gasteiger partial charge in [0.1, 0.15) is 5.82 Å². The molecule has 2 fully saturated rings. The molecule has 1 heterocycles. The molecule has 0 spiro atoms. The van der Waals surface area contributed by atoms with E-state index < -0.39 is 121 Å². The summed E-state index contributed by atoms with van der Waals surface area (Å²) in [7, 11) is -5.03. The summed E-state index contributed by atoms with van der Waals surface area (Å²) in [4.78, 5) is 25.5. The first kappa shape index (κ1) is 34.0. The molecule has 0 aromatic heterocycles. The molecule has 0 bridgehead atoms. The second kappa shape index (κ2) is 10.9. The molecule has 5 atom stereocenters. The average Bonchev–Trinajstić information content (AvgIpc) is 3.29. The molecule has 16 heteroatoms. The van der Waals surface area contributed by atoms with Gasteiger partial charge < -0.3 is 10.0 Å². The molecule has 252 valence electrons. The molecule has 0 radical (unpaired) electrons. The molecule has 1 unspecified atom stereocenters. The number of benzene rings is 2. The van der Waals surface area contributed by atoms with Crippen molar-refractivity contribution in [3.63, 3.8) is 0 Å². The van der Waals surface area contributed by atoms with Gasteiger partial charge in [-0.05, 0) is 73.4 Å². The van der Waals surface area contributed by atoms with Gasteiger partial charge in [-0.1, -0.05) is 25.1 Å². The first-order valence-corrected chi connectivity index (χ1v) is 15.8. The maximum absolute atomic E-state index is 17.8. The van der Waals surface area contributed by atoms with Crippen LogP contribution in [0.1, 0.15) is 55.7 Å². The Hall–Kier alpha value is -3.30. The number of amides is 1. The van der Waals surface area contributed by atoms with Gasteiger partial charge >= 0.3 is 24.0 Å². The Kier molecular flexibility index (Phi) is 8.05. The number of carboxylic acid groups (broad SMARTS) is 1. The Morgan fingerprint density at radius 3 is 2.09 bits per heavy atom. The molecule has 46 heavy (non-hydrogen) atoms. The van der Waals surface area contributed by atoms with E-state index in [0.717, 1.165) is 24.3 Å². The molecule has 6 nitrogen and oxygen atoms in total. The summed E-state index contributed by atoms with van der Waals surface area (Å²) in [6.45, 7) is 1.08. The van der Waals surface area contributed by atoms with Crippen LogP contribution in [0.4, 0.5) is 39.5 Å². The summed E-state index contributed by atoms with van der Waals surface area (Å²) in [6.07, 6.45) is -14.9. The summed E-state index contributed by atoms with van der Waals surface area (Å²) in [6, 6.07) is 4.05. The number of fused-ring (bicyclic) bond motifs is 3. The normalized spacial score (nSPS) is 28.8. The Bertz CT molecular complexity index is 1650. The monoisotopic (exact) mass is 685 g/mol. The lowest BCUT2D eigenvalue weighted by atomic mass is 9.73. The van der Waals surface area contributed by atoms with Crippen LogP contribution in [0.2, 0.25) is 0 Å². The second-order valence-electron chi connectivity index (χ2n) is 12.2. The van der Waals surface area contributed by atoms with E-state index in [9.17, 15) is 58.2 Å². The van der Waals surface area contributed by atoms with Gasteiger partial charge in [-0.3, -0.25) is 9.59 Å². The van der Waals surface area contributed by atoms with E-state index >= 15 is 4.39 Å². The predicted octanol–water partition coefficient (Wildman–Crippen LogP) is 6.77. The number of hydrogen-bond donors (Lipinski definition) is 1. The van der Waals surface area contributed by atoms with Crippen molar-refractivity contribution in [1.29, 1.82) is 0 Å². The van der Waals surface area contributed by atoms with E-state index in [1.807, 2.05) is 0 Å². The van der Waals surface area contributed by atoms with Crippen LogP contribution in [0.25, 0.3) is 0 Å². The van der Waals surface area contributed by atoms with Crippen molar-refractivity contribution in [2.45, 2.75) is 78.9 Å². The summed E-state index contributed by atoms with van der Waals surface area (Å²) in [5.41, 5.74) is -8.73. The molecule has 1 saturated heterocycles. The number of nitrogens with zero attached hydrogens (tertiary/aromatic N) is 1. The number of hydrogen-bond acceptors (Lipinski definition) is 4. The summed E-state index contributed by atoms with van der Waals surface area (Å²) in [5, 5.41) is 9.45. The lowest BCUT2D eigenvalue weighted by Crippen LogP contribution is -2.61. The van der Waals surface area contributed by atoms with Crippen LogP contribution in [0.5, 0.6) is 0 Å². The summed E-state index contributed by atoms with van der Waals surface area (Å²) < 4.78 is 154. The number of carboxylic acids is 1. The first-order valence-electron chi connectivity index (χ1n) is 14.3. The Labute approximate surface area is 257 Å². The topological polar surface area (TPSA) is 91.8 Å². The minimum atomic E-state index is -6.46. The number of likely N-dealkylation sites (tertiary alicyclic amines) is 1. The fraction of sp³-hybridized carbons (Fsp3) is 0.533. The third-order valence-corrected chi connectivity index (χ3v) is 12.4. The van der Waals surface area contributed by atoms with Crippen molar-refractivity contribution < 1.29 is 62.6 Å². The second-order valence-corrected chi connectivity index (χ2v) is 14.4. The average molecular weight is 686 g/mol. The van der Waals surface area contributed by atoms with Gasteiger partial charge in [0.05, 0.1) is 10.8 Å². The van der Waals surface area contributed by atoms with Gasteiger partial charge in [-0.2, -0.15) is 26.3 Å². The highest BCUT2D eigenvalue weighted by Crippen LogP contribution is 2.61. The van der Waals surface area contributed by atoms with Gasteiger partial charge in [-0.15, -0.1) is 0 Å². The number of alkyl halides is 8. The van der Waals surface area contributed by atoms with Gasteiger partial charge in [0.15, 0.2) is 14.6 Å². The van der Waals surface area contributed by atoms with Crippen LogP contribution in [0.3, 0.4) is 0 Å². The van der Waals surface area contributed by atoms with Crippen molar-refractivity contribution in [2.75, 3.05) is 6.54 Å². The fourth-order valence-electron chi connectivity index (χ4n) is 7.52. The van der Waals surface area contributed by atoms with Crippen molar-refractivity contribution >= 4 is 21.7 Å². The van der Waals surface area contributed by atoms with E-state index in [1.165, 1.54) is 0 Å². The molecule has 1 N–H and O–H groups in total. The lowest BCUT2D eigenvalue weighted by Gasteiger charge is -2.48. The zero-order chi connectivity index (χ0) is 34.3. The molecule has 1 aliphatic heterocycles. The van der Waals surface area contributed by atoms with Crippen LogP contribution in [0, 0.1) is 23.6 Å².